The van der Waals surface area contributed by atoms with Crippen molar-refractivity contribution in [1.29, 1.82) is 0 Å². The molecule has 2 aliphatic heterocycles. The van der Waals surface area contributed by atoms with Crippen LogP contribution in [0.15, 0.2) is 53.6 Å². The molecule has 0 unspecified atom stereocenters. The predicted octanol–water partition coefficient (Wildman–Crippen LogP) is 5.57. The number of rotatable bonds is 6. The van der Waals surface area contributed by atoms with Crippen LogP contribution in [-0.2, 0) is 11.3 Å². The smallest absolute Gasteiger partial charge is 0.128 e. The molecule has 0 radical (unpaired) electrons. The molecule has 0 atom stereocenters. The van der Waals surface area contributed by atoms with Crippen LogP contribution >= 0.6 is 11.9 Å². The van der Waals surface area contributed by atoms with Gasteiger partial charge < -0.3 is 15.0 Å². The van der Waals surface area contributed by atoms with Gasteiger partial charge in [-0.25, -0.2) is 4.98 Å². The highest BCUT2D eigenvalue weighted by atomic mass is 32.2. The Hall–Kier alpha value is -1.60. The number of ether oxygens (including phenoxy) is 1. The molecule has 1 aliphatic carbocycles. The molecule has 1 spiro atoms. The number of anilines is 1. The van der Waals surface area contributed by atoms with Gasteiger partial charge in [0.15, 0.2) is 0 Å². The van der Waals surface area contributed by atoms with Crippen LogP contribution in [0.25, 0.3) is 0 Å². The van der Waals surface area contributed by atoms with Crippen molar-refractivity contribution in [1.82, 2.24) is 15.0 Å². The van der Waals surface area contributed by atoms with E-state index in [0.717, 1.165) is 44.9 Å². The highest BCUT2D eigenvalue weighted by Crippen LogP contribution is 2.36. The molecule has 6 heteroatoms. The van der Waals surface area contributed by atoms with Gasteiger partial charge in [0.05, 0.1) is 5.60 Å². The minimum Gasteiger partial charge on any atom is -0.375 e. The first-order valence-corrected chi connectivity index (χ1v) is 13.5. The summed E-state index contributed by atoms with van der Waals surface area (Å²) < 4.78 is 9.63. The Morgan fingerprint density at radius 1 is 1.00 bits per heavy atom. The first-order chi connectivity index (χ1) is 16.3. The van der Waals surface area contributed by atoms with E-state index in [1.54, 1.807) is 11.9 Å². The molecule has 2 N–H and O–H groups in total. The SMILES string of the molecule is CNCc1ccccc1.c1cc(N2CCC3(CCCO3)CC2)ncc1SNC1CCCCC1. The van der Waals surface area contributed by atoms with Crippen molar-refractivity contribution in [2.24, 2.45) is 0 Å². The molecule has 1 aromatic heterocycles. The summed E-state index contributed by atoms with van der Waals surface area (Å²) in [6.45, 7) is 4.05. The second-order valence-electron chi connectivity index (χ2n) is 9.54. The zero-order valence-electron chi connectivity index (χ0n) is 20.1. The van der Waals surface area contributed by atoms with E-state index in [2.05, 4.69) is 39.2 Å². The van der Waals surface area contributed by atoms with Gasteiger partial charge >= 0.3 is 0 Å². The Morgan fingerprint density at radius 3 is 2.42 bits per heavy atom. The van der Waals surface area contributed by atoms with E-state index in [4.69, 9.17) is 9.72 Å². The molecule has 180 valence electrons. The second kappa shape index (κ2) is 12.7. The average molecular weight is 469 g/mol. The standard InChI is InChI=1S/C19H29N3OS.C8H11N/c1-2-5-16(6-3-1)21-24-17-7-8-18(20-15-17)22-12-10-19(11-13-22)9-4-14-23-19;1-9-7-8-5-3-2-4-6-8/h7-8,15-16,21H,1-6,9-14H2;2-6,9H,7H2,1H3. The monoisotopic (exact) mass is 468 g/mol. The number of nitrogens with zero attached hydrogens (tertiary/aromatic N) is 2. The summed E-state index contributed by atoms with van der Waals surface area (Å²) in [4.78, 5) is 8.34. The van der Waals surface area contributed by atoms with Gasteiger partial charge in [0, 0.05) is 43.4 Å². The molecular weight excluding hydrogens is 428 g/mol. The zero-order chi connectivity index (χ0) is 22.8. The van der Waals surface area contributed by atoms with Gasteiger partial charge in [0.25, 0.3) is 0 Å². The van der Waals surface area contributed by atoms with Crippen LogP contribution in [0, 0.1) is 0 Å². The molecule has 3 fully saturated rings. The topological polar surface area (TPSA) is 49.4 Å². The number of nitrogens with one attached hydrogen (secondary N) is 2. The summed E-state index contributed by atoms with van der Waals surface area (Å²) in [5.41, 5.74) is 1.52. The van der Waals surface area contributed by atoms with Crippen molar-refractivity contribution in [3.63, 3.8) is 0 Å². The molecule has 3 aliphatic rings. The number of piperidine rings is 1. The van der Waals surface area contributed by atoms with Crippen molar-refractivity contribution in [3.8, 4) is 0 Å². The van der Waals surface area contributed by atoms with Gasteiger partial charge in [0.2, 0.25) is 0 Å². The molecule has 5 rings (SSSR count). The van der Waals surface area contributed by atoms with E-state index in [1.165, 1.54) is 55.4 Å². The number of hydrogen-bond donors (Lipinski definition) is 2. The maximum atomic E-state index is 6.02. The molecule has 1 saturated carbocycles. The number of aromatic nitrogens is 1. The van der Waals surface area contributed by atoms with E-state index in [0.29, 0.717) is 6.04 Å². The lowest BCUT2D eigenvalue weighted by Gasteiger charge is -2.39. The third-order valence-corrected chi connectivity index (χ3v) is 8.01. The van der Waals surface area contributed by atoms with Crippen LogP contribution in [0.5, 0.6) is 0 Å². The van der Waals surface area contributed by atoms with Crippen molar-refractivity contribution < 1.29 is 4.74 Å². The van der Waals surface area contributed by atoms with Gasteiger partial charge in [-0.3, -0.25) is 4.72 Å². The molecule has 2 saturated heterocycles. The van der Waals surface area contributed by atoms with Gasteiger partial charge in [0.1, 0.15) is 5.82 Å². The molecule has 5 nitrogen and oxygen atoms in total. The van der Waals surface area contributed by atoms with Crippen molar-refractivity contribution in [3.05, 3.63) is 54.2 Å². The predicted molar refractivity (Wildman–Crippen MR) is 139 cm³/mol. The Bertz CT molecular complexity index is 795. The third kappa shape index (κ3) is 7.44. The summed E-state index contributed by atoms with van der Waals surface area (Å²) in [7, 11) is 1.95. The lowest BCUT2D eigenvalue weighted by molar-refractivity contribution is -0.0147. The van der Waals surface area contributed by atoms with Crippen LogP contribution in [-0.4, -0.2) is 43.4 Å². The van der Waals surface area contributed by atoms with E-state index in [-0.39, 0.29) is 5.60 Å². The Morgan fingerprint density at radius 2 is 1.79 bits per heavy atom. The van der Waals surface area contributed by atoms with Crippen LogP contribution in [0.4, 0.5) is 5.82 Å². The summed E-state index contributed by atoms with van der Waals surface area (Å²) in [5.74, 6) is 1.12. The van der Waals surface area contributed by atoms with Gasteiger partial charge in [-0.1, -0.05) is 49.6 Å². The van der Waals surface area contributed by atoms with E-state index in [9.17, 15) is 0 Å². The Kier molecular flexibility index (Phi) is 9.47. The van der Waals surface area contributed by atoms with Crippen molar-refractivity contribution >= 4 is 17.8 Å². The third-order valence-electron chi connectivity index (χ3n) is 7.08. The Balaban J connectivity index is 0.000000243. The fraction of sp³-hybridized carbons (Fsp3) is 0.593. The lowest BCUT2D eigenvalue weighted by Crippen LogP contribution is -2.44. The van der Waals surface area contributed by atoms with Gasteiger partial charge in [-0.05, 0) is 75.2 Å². The quantitative estimate of drug-likeness (QED) is 0.541. The zero-order valence-corrected chi connectivity index (χ0v) is 20.9. The average Bonchev–Trinajstić information content (AvgIpc) is 3.33. The van der Waals surface area contributed by atoms with E-state index >= 15 is 0 Å². The molecule has 3 heterocycles. The number of hydrogen-bond acceptors (Lipinski definition) is 6. The minimum absolute atomic E-state index is 0.191. The first-order valence-electron chi connectivity index (χ1n) is 12.7. The maximum Gasteiger partial charge on any atom is 0.128 e. The summed E-state index contributed by atoms with van der Waals surface area (Å²) in [6, 6.07) is 15.4. The van der Waals surface area contributed by atoms with Crippen molar-refractivity contribution in [2.75, 3.05) is 31.6 Å². The molecular formula is C27H40N4OS. The Labute approximate surface area is 204 Å². The van der Waals surface area contributed by atoms with E-state index < -0.39 is 0 Å². The normalized spacial score (nSPS) is 20.5. The summed E-state index contributed by atoms with van der Waals surface area (Å²) in [6.07, 6.45) is 13.6. The van der Waals surface area contributed by atoms with Crippen LogP contribution in [0.2, 0.25) is 0 Å². The number of benzene rings is 1. The van der Waals surface area contributed by atoms with Crippen LogP contribution < -0.4 is 14.9 Å². The van der Waals surface area contributed by atoms with E-state index in [1.807, 2.05) is 31.4 Å². The summed E-state index contributed by atoms with van der Waals surface area (Å²) >= 11 is 1.75. The highest BCUT2D eigenvalue weighted by Gasteiger charge is 2.38. The fourth-order valence-corrected chi connectivity index (χ4v) is 5.86. The highest BCUT2D eigenvalue weighted by molar-refractivity contribution is 7.97. The molecule has 33 heavy (non-hydrogen) atoms. The van der Waals surface area contributed by atoms with Crippen LogP contribution in [0.1, 0.15) is 63.4 Å². The maximum absolute atomic E-state index is 6.02. The van der Waals surface area contributed by atoms with Gasteiger partial charge in [-0.15, -0.1) is 0 Å². The molecule has 0 bridgehead atoms. The molecule has 0 amide bonds. The largest absolute Gasteiger partial charge is 0.375 e. The number of pyridine rings is 1. The lowest BCUT2D eigenvalue weighted by atomic mass is 9.89. The first kappa shape index (κ1) is 24.5. The van der Waals surface area contributed by atoms with Crippen molar-refractivity contribution in [2.45, 2.75) is 80.9 Å². The molecule has 2 aromatic rings. The minimum atomic E-state index is 0.191. The van der Waals surface area contributed by atoms with Crippen LogP contribution in [0.3, 0.4) is 0 Å². The summed E-state index contributed by atoms with van der Waals surface area (Å²) in [5, 5.41) is 3.08. The fourth-order valence-electron chi connectivity index (χ4n) is 5.08. The second-order valence-corrected chi connectivity index (χ2v) is 10.5. The van der Waals surface area contributed by atoms with Gasteiger partial charge in [-0.2, -0.15) is 0 Å². The molecule has 1 aromatic carbocycles.